The SMILES string of the molecule is CCCN(c1cccc(N)c1)S(=O)(=O)c1cc(Cl)sc1Cl. The van der Waals surface area contributed by atoms with Gasteiger partial charge in [0.05, 0.1) is 10.0 Å². The maximum Gasteiger partial charge on any atom is 0.266 e. The molecule has 2 rings (SSSR count). The molecule has 4 nitrogen and oxygen atoms in total. The van der Waals surface area contributed by atoms with E-state index in [1.807, 2.05) is 6.92 Å². The Morgan fingerprint density at radius 3 is 2.52 bits per heavy atom. The Labute approximate surface area is 138 Å². The third-order valence-corrected chi connectivity index (χ3v) is 6.36. The van der Waals surface area contributed by atoms with Crippen molar-refractivity contribution in [2.45, 2.75) is 18.2 Å². The van der Waals surface area contributed by atoms with Gasteiger partial charge in [-0.15, -0.1) is 11.3 Å². The van der Waals surface area contributed by atoms with E-state index >= 15 is 0 Å². The zero-order valence-electron chi connectivity index (χ0n) is 11.2. The Kier molecular flexibility index (Phi) is 5.03. The minimum absolute atomic E-state index is 0.0232. The summed E-state index contributed by atoms with van der Waals surface area (Å²) in [7, 11) is -3.77. The zero-order chi connectivity index (χ0) is 15.6. The van der Waals surface area contributed by atoms with Crippen molar-refractivity contribution in [2.24, 2.45) is 0 Å². The topological polar surface area (TPSA) is 63.4 Å². The molecule has 0 aliphatic carbocycles. The van der Waals surface area contributed by atoms with Gasteiger partial charge in [-0.05, 0) is 30.7 Å². The fourth-order valence-electron chi connectivity index (χ4n) is 1.89. The maximum absolute atomic E-state index is 12.8. The van der Waals surface area contributed by atoms with Crippen molar-refractivity contribution in [1.29, 1.82) is 0 Å². The molecule has 2 N–H and O–H groups in total. The van der Waals surface area contributed by atoms with Crippen LogP contribution < -0.4 is 10.0 Å². The number of nitrogens with zero attached hydrogens (tertiary/aromatic N) is 1. The largest absolute Gasteiger partial charge is 0.399 e. The lowest BCUT2D eigenvalue weighted by Gasteiger charge is -2.24. The number of hydrogen-bond acceptors (Lipinski definition) is 4. The van der Waals surface area contributed by atoms with Crippen LogP contribution in [-0.4, -0.2) is 15.0 Å². The lowest BCUT2D eigenvalue weighted by molar-refractivity contribution is 0.590. The minimum Gasteiger partial charge on any atom is -0.399 e. The predicted octanol–water partition coefficient (Wildman–Crippen LogP) is 4.24. The molecule has 0 spiro atoms. The van der Waals surface area contributed by atoms with Gasteiger partial charge in [-0.2, -0.15) is 0 Å². The summed E-state index contributed by atoms with van der Waals surface area (Å²) in [6.45, 7) is 2.23. The molecule has 0 saturated heterocycles. The molecule has 0 saturated carbocycles. The molecule has 0 fully saturated rings. The lowest BCUT2D eigenvalue weighted by atomic mass is 10.3. The molecular formula is C13H14Cl2N2O2S2. The highest BCUT2D eigenvalue weighted by molar-refractivity contribution is 7.93. The number of nitrogens with two attached hydrogens (primary N) is 1. The molecule has 0 aliphatic heterocycles. The minimum atomic E-state index is -3.77. The van der Waals surface area contributed by atoms with Crippen LogP contribution in [0.1, 0.15) is 13.3 Å². The predicted molar refractivity (Wildman–Crippen MR) is 90.0 cm³/mol. The van der Waals surface area contributed by atoms with Crippen LogP contribution in [0.5, 0.6) is 0 Å². The van der Waals surface area contributed by atoms with E-state index in [0.717, 1.165) is 11.3 Å². The third-order valence-electron chi connectivity index (χ3n) is 2.78. The number of anilines is 2. The van der Waals surface area contributed by atoms with Crippen LogP contribution in [-0.2, 0) is 10.0 Å². The second-order valence-electron chi connectivity index (χ2n) is 4.36. The molecule has 0 bridgehead atoms. The number of nitrogen functional groups attached to an aromatic ring is 1. The molecule has 1 heterocycles. The van der Waals surface area contributed by atoms with Crippen molar-refractivity contribution in [2.75, 3.05) is 16.6 Å². The molecule has 0 atom stereocenters. The van der Waals surface area contributed by atoms with Crippen molar-refractivity contribution < 1.29 is 8.42 Å². The molecule has 1 aromatic heterocycles. The molecule has 8 heteroatoms. The average Bonchev–Trinajstić information content (AvgIpc) is 2.75. The van der Waals surface area contributed by atoms with Gasteiger partial charge >= 0.3 is 0 Å². The van der Waals surface area contributed by atoms with Crippen molar-refractivity contribution in [3.05, 3.63) is 39.0 Å². The van der Waals surface area contributed by atoms with Crippen LogP contribution >= 0.6 is 34.5 Å². The van der Waals surface area contributed by atoms with Crippen molar-refractivity contribution in [3.63, 3.8) is 0 Å². The van der Waals surface area contributed by atoms with E-state index < -0.39 is 10.0 Å². The Hall–Kier alpha value is -0.950. The van der Waals surface area contributed by atoms with Gasteiger partial charge in [0, 0.05) is 12.2 Å². The summed E-state index contributed by atoms with van der Waals surface area (Å²) in [6, 6.07) is 8.11. The first-order valence-corrected chi connectivity index (χ1v) is 9.20. The number of hydrogen-bond donors (Lipinski definition) is 1. The molecule has 0 radical (unpaired) electrons. The van der Waals surface area contributed by atoms with Crippen LogP contribution in [0.2, 0.25) is 8.67 Å². The van der Waals surface area contributed by atoms with Crippen LogP contribution in [0.25, 0.3) is 0 Å². The second kappa shape index (κ2) is 6.44. The van der Waals surface area contributed by atoms with Gasteiger partial charge in [-0.25, -0.2) is 8.42 Å². The molecule has 1 aromatic carbocycles. The monoisotopic (exact) mass is 364 g/mol. The smallest absolute Gasteiger partial charge is 0.266 e. The first-order valence-electron chi connectivity index (χ1n) is 6.19. The highest BCUT2D eigenvalue weighted by atomic mass is 35.5. The first-order chi connectivity index (χ1) is 9.86. The van der Waals surface area contributed by atoms with Crippen LogP contribution in [0.3, 0.4) is 0 Å². The maximum atomic E-state index is 12.8. The van der Waals surface area contributed by atoms with Crippen molar-refractivity contribution >= 4 is 55.9 Å². The Balaban J connectivity index is 2.54. The van der Waals surface area contributed by atoms with Gasteiger partial charge in [-0.1, -0.05) is 36.2 Å². The van der Waals surface area contributed by atoms with Gasteiger partial charge in [0.25, 0.3) is 10.0 Å². The molecule has 114 valence electrons. The molecule has 21 heavy (non-hydrogen) atoms. The van der Waals surface area contributed by atoms with Crippen molar-refractivity contribution in [3.8, 4) is 0 Å². The summed E-state index contributed by atoms with van der Waals surface area (Å²) >= 11 is 12.9. The van der Waals surface area contributed by atoms with Crippen LogP contribution in [0.15, 0.2) is 35.2 Å². The summed E-state index contributed by atoms with van der Waals surface area (Å²) in [5.74, 6) is 0. The quantitative estimate of drug-likeness (QED) is 0.806. The normalized spacial score (nSPS) is 11.6. The average molecular weight is 365 g/mol. The van der Waals surface area contributed by atoms with E-state index in [4.69, 9.17) is 28.9 Å². The highest BCUT2D eigenvalue weighted by Gasteiger charge is 2.28. The van der Waals surface area contributed by atoms with Gasteiger partial charge in [-0.3, -0.25) is 4.31 Å². The van der Waals surface area contributed by atoms with Crippen LogP contribution in [0, 0.1) is 0 Å². The summed E-state index contributed by atoms with van der Waals surface area (Å²) in [5.41, 5.74) is 6.75. The third kappa shape index (κ3) is 3.45. The zero-order valence-corrected chi connectivity index (χ0v) is 14.4. The number of benzene rings is 1. The van der Waals surface area contributed by atoms with Gasteiger partial charge < -0.3 is 5.73 Å². The second-order valence-corrected chi connectivity index (χ2v) is 8.48. The summed E-state index contributed by atoms with van der Waals surface area (Å²) < 4.78 is 27.4. The van der Waals surface area contributed by atoms with Gasteiger partial charge in [0.15, 0.2) is 0 Å². The molecular weight excluding hydrogens is 351 g/mol. The molecule has 2 aromatic rings. The van der Waals surface area contributed by atoms with E-state index in [1.54, 1.807) is 24.3 Å². The number of rotatable bonds is 5. The fraction of sp³-hybridized carbons (Fsp3) is 0.231. The Bertz CT molecular complexity index is 744. The number of sulfonamides is 1. The summed E-state index contributed by atoms with van der Waals surface area (Å²) in [4.78, 5) is 0.0232. The number of halogens is 2. The van der Waals surface area contributed by atoms with E-state index in [2.05, 4.69) is 0 Å². The molecule has 0 amide bonds. The van der Waals surface area contributed by atoms with E-state index in [1.165, 1.54) is 10.4 Å². The van der Waals surface area contributed by atoms with Crippen molar-refractivity contribution in [1.82, 2.24) is 0 Å². The Morgan fingerprint density at radius 1 is 1.29 bits per heavy atom. The summed E-state index contributed by atoms with van der Waals surface area (Å²) in [5, 5.41) is 0. The highest BCUT2D eigenvalue weighted by Crippen LogP contribution is 2.37. The Morgan fingerprint density at radius 2 is 2.00 bits per heavy atom. The van der Waals surface area contributed by atoms with E-state index in [9.17, 15) is 8.42 Å². The fourth-order valence-corrected chi connectivity index (χ4v) is 5.56. The molecule has 0 unspecified atom stereocenters. The van der Waals surface area contributed by atoms with Gasteiger partial charge in [0.2, 0.25) is 0 Å². The van der Waals surface area contributed by atoms with Gasteiger partial charge in [0.1, 0.15) is 9.23 Å². The van der Waals surface area contributed by atoms with Crippen LogP contribution in [0.4, 0.5) is 11.4 Å². The van der Waals surface area contributed by atoms with E-state index in [-0.39, 0.29) is 9.23 Å². The lowest BCUT2D eigenvalue weighted by Crippen LogP contribution is -2.31. The molecule has 0 aliphatic rings. The number of thiophene rings is 1. The summed E-state index contributed by atoms with van der Waals surface area (Å²) in [6.07, 6.45) is 0.656. The first kappa shape index (κ1) is 16.4. The van der Waals surface area contributed by atoms with E-state index in [0.29, 0.717) is 28.7 Å². The standard InChI is InChI=1S/C13H14Cl2N2O2S2/c1-2-6-17(10-5-3-4-9(16)7-10)21(18,19)11-8-12(14)20-13(11)15/h3-5,7-8H,2,6,16H2,1H3.